The van der Waals surface area contributed by atoms with Crippen LogP contribution in [0.5, 0.6) is 0 Å². The fourth-order valence-corrected chi connectivity index (χ4v) is 3.88. The Morgan fingerprint density at radius 2 is 2.00 bits per heavy atom. The van der Waals surface area contributed by atoms with Gasteiger partial charge in [0.15, 0.2) is 0 Å². The number of rotatable bonds is 6. The van der Waals surface area contributed by atoms with E-state index in [4.69, 9.17) is 0 Å². The molecular formula is C16H31N3. The van der Waals surface area contributed by atoms with Crippen molar-refractivity contribution in [2.45, 2.75) is 69.5 Å². The Morgan fingerprint density at radius 3 is 2.68 bits per heavy atom. The number of nitrogens with one attached hydrogen (secondary N) is 1. The fraction of sp³-hybridized carbons (Fsp3) is 1.00. The molecule has 19 heavy (non-hydrogen) atoms. The Kier molecular flexibility index (Phi) is 4.78. The summed E-state index contributed by atoms with van der Waals surface area (Å²) in [4.78, 5) is 5.40. The highest BCUT2D eigenvalue weighted by molar-refractivity contribution is 4.89. The molecular weight excluding hydrogens is 234 g/mol. The highest BCUT2D eigenvalue weighted by atomic mass is 15.2. The average Bonchev–Trinajstić information content (AvgIpc) is 3.14. The van der Waals surface area contributed by atoms with Gasteiger partial charge < -0.3 is 10.2 Å². The lowest BCUT2D eigenvalue weighted by molar-refractivity contribution is 0.147. The average molecular weight is 265 g/mol. The molecule has 2 heterocycles. The largest absolute Gasteiger partial charge is 0.313 e. The second-order valence-electron chi connectivity index (χ2n) is 6.94. The molecule has 1 N–H and O–H groups in total. The van der Waals surface area contributed by atoms with E-state index in [0.717, 1.165) is 18.1 Å². The van der Waals surface area contributed by atoms with E-state index >= 15 is 0 Å². The highest BCUT2D eigenvalue weighted by Gasteiger charge is 2.31. The molecule has 0 spiro atoms. The smallest absolute Gasteiger partial charge is 0.0195 e. The first-order valence-corrected chi connectivity index (χ1v) is 8.50. The molecule has 110 valence electrons. The van der Waals surface area contributed by atoms with Gasteiger partial charge in [0, 0.05) is 24.7 Å². The molecule has 2 saturated heterocycles. The molecule has 0 aromatic carbocycles. The van der Waals surface area contributed by atoms with E-state index in [1.807, 2.05) is 0 Å². The Hall–Kier alpha value is -0.120. The Labute approximate surface area is 118 Å². The predicted molar refractivity (Wildman–Crippen MR) is 80.5 cm³/mol. The van der Waals surface area contributed by atoms with Crippen molar-refractivity contribution in [2.24, 2.45) is 0 Å². The quantitative estimate of drug-likeness (QED) is 0.793. The summed E-state index contributed by atoms with van der Waals surface area (Å²) in [5.41, 5.74) is 0. The summed E-state index contributed by atoms with van der Waals surface area (Å²) in [5, 5.41) is 3.66. The van der Waals surface area contributed by atoms with Gasteiger partial charge in [0.05, 0.1) is 0 Å². The standard InChI is InChI=1S/C16H31N3/c1-18-11-3-2-6-15(18)9-12-19(16-7-8-16)13-14-5-4-10-17-14/h14-17H,2-13H2,1H3. The van der Waals surface area contributed by atoms with Crippen LogP contribution in [0, 0.1) is 0 Å². The zero-order valence-corrected chi connectivity index (χ0v) is 12.6. The van der Waals surface area contributed by atoms with E-state index in [1.165, 1.54) is 77.5 Å². The first-order valence-electron chi connectivity index (χ1n) is 8.50. The molecule has 0 aromatic rings. The molecule has 3 aliphatic rings. The topological polar surface area (TPSA) is 18.5 Å². The number of hydrogen-bond acceptors (Lipinski definition) is 3. The molecule has 0 bridgehead atoms. The molecule has 1 aliphatic carbocycles. The van der Waals surface area contributed by atoms with Crippen molar-refractivity contribution >= 4 is 0 Å². The van der Waals surface area contributed by atoms with Crippen LogP contribution in [0.1, 0.15) is 51.4 Å². The van der Waals surface area contributed by atoms with Gasteiger partial charge in [0.2, 0.25) is 0 Å². The van der Waals surface area contributed by atoms with Gasteiger partial charge in [-0.1, -0.05) is 6.42 Å². The zero-order valence-electron chi connectivity index (χ0n) is 12.6. The maximum Gasteiger partial charge on any atom is 0.0195 e. The van der Waals surface area contributed by atoms with Gasteiger partial charge in [0.1, 0.15) is 0 Å². The van der Waals surface area contributed by atoms with Crippen LogP contribution in [0.2, 0.25) is 0 Å². The molecule has 2 atom stereocenters. The molecule has 0 amide bonds. The van der Waals surface area contributed by atoms with Gasteiger partial charge in [-0.25, -0.2) is 0 Å². The van der Waals surface area contributed by atoms with Crippen LogP contribution in [0.25, 0.3) is 0 Å². The summed E-state index contributed by atoms with van der Waals surface area (Å²) in [5.74, 6) is 0. The number of nitrogens with zero attached hydrogens (tertiary/aromatic N) is 2. The summed E-state index contributed by atoms with van der Waals surface area (Å²) in [7, 11) is 2.32. The van der Waals surface area contributed by atoms with E-state index < -0.39 is 0 Å². The fourth-order valence-electron chi connectivity index (χ4n) is 3.88. The van der Waals surface area contributed by atoms with E-state index in [9.17, 15) is 0 Å². The van der Waals surface area contributed by atoms with Crippen molar-refractivity contribution in [1.82, 2.24) is 15.1 Å². The Bertz CT molecular complexity index is 271. The van der Waals surface area contributed by atoms with Gasteiger partial charge in [-0.05, 0) is 71.6 Å². The Balaban J connectivity index is 1.44. The molecule has 3 heteroatoms. The van der Waals surface area contributed by atoms with Crippen molar-refractivity contribution in [3.05, 3.63) is 0 Å². The zero-order chi connectivity index (χ0) is 13.1. The third-order valence-corrected chi connectivity index (χ3v) is 5.35. The molecule has 2 aliphatic heterocycles. The highest BCUT2D eigenvalue weighted by Crippen LogP contribution is 2.29. The number of likely N-dealkylation sites (tertiary alicyclic amines) is 1. The molecule has 3 rings (SSSR count). The van der Waals surface area contributed by atoms with Crippen molar-refractivity contribution in [2.75, 3.05) is 33.2 Å². The van der Waals surface area contributed by atoms with E-state index in [1.54, 1.807) is 0 Å². The maximum absolute atomic E-state index is 3.66. The van der Waals surface area contributed by atoms with Crippen molar-refractivity contribution in [3.8, 4) is 0 Å². The monoisotopic (exact) mass is 265 g/mol. The van der Waals surface area contributed by atoms with Crippen LogP contribution < -0.4 is 5.32 Å². The lowest BCUT2D eigenvalue weighted by atomic mass is 10.00. The van der Waals surface area contributed by atoms with Crippen LogP contribution in [0.4, 0.5) is 0 Å². The van der Waals surface area contributed by atoms with Crippen molar-refractivity contribution in [3.63, 3.8) is 0 Å². The lowest BCUT2D eigenvalue weighted by Crippen LogP contribution is -2.43. The van der Waals surface area contributed by atoms with E-state index in [-0.39, 0.29) is 0 Å². The van der Waals surface area contributed by atoms with E-state index in [2.05, 4.69) is 22.2 Å². The van der Waals surface area contributed by atoms with Gasteiger partial charge in [0.25, 0.3) is 0 Å². The van der Waals surface area contributed by atoms with Crippen LogP contribution in [-0.2, 0) is 0 Å². The van der Waals surface area contributed by atoms with Gasteiger partial charge in [-0.15, -0.1) is 0 Å². The van der Waals surface area contributed by atoms with E-state index in [0.29, 0.717) is 0 Å². The molecule has 3 nitrogen and oxygen atoms in total. The Morgan fingerprint density at radius 1 is 1.11 bits per heavy atom. The van der Waals surface area contributed by atoms with Crippen LogP contribution in [0.3, 0.4) is 0 Å². The summed E-state index contributed by atoms with van der Waals surface area (Å²) in [6.07, 6.45) is 11.4. The first kappa shape index (κ1) is 13.8. The van der Waals surface area contributed by atoms with Gasteiger partial charge in [-0.3, -0.25) is 4.90 Å². The number of piperidine rings is 1. The first-order chi connectivity index (χ1) is 9.33. The van der Waals surface area contributed by atoms with Crippen molar-refractivity contribution in [1.29, 1.82) is 0 Å². The maximum atomic E-state index is 3.66. The molecule has 2 unspecified atom stereocenters. The van der Waals surface area contributed by atoms with Crippen molar-refractivity contribution < 1.29 is 0 Å². The second-order valence-corrected chi connectivity index (χ2v) is 6.94. The lowest BCUT2D eigenvalue weighted by Gasteiger charge is -2.34. The molecule has 1 saturated carbocycles. The third-order valence-electron chi connectivity index (χ3n) is 5.35. The summed E-state index contributed by atoms with van der Waals surface area (Å²) >= 11 is 0. The van der Waals surface area contributed by atoms with Gasteiger partial charge in [-0.2, -0.15) is 0 Å². The normalized spacial score (nSPS) is 33.2. The third kappa shape index (κ3) is 3.93. The minimum atomic E-state index is 0.782. The SMILES string of the molecule is CN1CCCCC1CCN(CC1CCCN1)C1CC1. The minimum Gasteiger partial charge on any atom is -0.313 e. The summed E-state index contributed by atoms with van der Waals surface area (Å²) in [6, 6.07) is 2.56. The van der Waals surface area contributed by atoms with Gasteiger partial charge >= 0.3 is 0 Å². The molecule has 0 aromatic heterocycles. The summed E-state index contributed by atoms with van der Waals surface area (Å²) in [6.45, 7) is 5.20. The minimum absolute atomic E-state index is 0.782. The van der Waals surface area contributed by atoms with Crippen LogP contribution in [-0.4, -0.2) is 61.2 Å². The predicted octanol–water partition coefficient (Wildman–Crippen LogP) is 2.08. The summed E-state index contributed by atoms with van der Waals surface area (Å²) < 4.78 is 0. The molecule has 3 fully saturated rings. The van der Waals surface area contributed by atoms with Crippen LogP contribution in [0.15, 0.2) is 0 Å². The molecule has 0 radical (unpaired) electrons. The van der Waals surface area contributed by atoms with Crippen LogP contribution >= 0.6 is 0 Å². The number of hydrogen-bond donors (Lipinski definition) is 1. The second kappa shape index (κ2) is 6.55.